The summed E-state index contributed by atoms with van der Waals surface area (Å²) in [7, 11) is 1.66. The Morgan fingerprint density at radius 1 is 1.03 bits per heavy atom. The van der Waals surface area contributed by atoms with Gasteiger partial charge in [0.2, 0.25) is 0 Å². The number of carbonyl (C=O) groups excluding carboxylic acids is 1. The second-order valence-corrected chi connectivity index (χ2v) is 8.82. The fraction of sp³-hybridized carbons (Fsp3) is 0.370. The molecule has 0 fully saturated rings. The molecule has 0 saturated carbocycles. The largest absolute Gasteiger partial charge is 0.462 e. The third-order valence-corrected chi connectivity index (χ3v) is 6.26. The topological polar surface area (TPSA) is 44.8 Å². The molecule has 162 valence electrons. The maximum atomic E-state index is 12.1. The zero-order chi connectivity index (χ0) is 22.0. The van der Waals surface area contributed by atoms with Gasteiger partial charge < -0.3 is 14.2 Å². The Hall–Kier alpha value is -2.69. The van der Waals surface area contributed by atoms with Crippen LogP contribution < -0.4 is 0 Å². The van der Waals surface area contributed by atoms with Crippen molar-refractivity contribution in [2.24, 2.45) is 0 Å². The van der Waals surface area contributed by atoms with Crippen LogP contribution in [-0.4, -0.2) is 26.5 Å². The van der Waals surface area contributed by atoms with E-state index < -0.39 is 0 Å². The monoisotopic (exact) mass is 418 g/mol. The van der Waals surface area contributed by atoms with Gasteiger partial charge in [0.15, 0.2) is 0 Å². The number of ether oxygens (including phenoxy) is 3. The molecule has 2 atom stereocenters. The first kappa shape index (κ1) is 21.5. The summed E-state index contributed by atoms with van der Waals surface area (Å²) in [6, 6.07) is 20.8. The zero-order valence-electron chi connectivity index (χ0n) is 18.7. The van der Waals surface area contributed by atoms with E-state index in [-0.39, 0.29) is 30.2 Å². The molecule has 0 aromatic heterocycles. The summed E-state index contributed by atoms with van der Waals surface area (Å²) in [5, 5.41) is 2.13. The van der Waals surface area contributed by atoms with Crippen molar-refractivity contribution in [3.63, 3.8) is 0 Å². The van der Waals surface area contributed by atoms with Gasteiger partial charge >= 0.3 is 5.97 Å². The van der Waals surface area contributed by atoms with Gasteiger partial charge in [0.25, 0.3) is 0 Å². The lowest BCUT2D eigenvalue weighted by molar-refractivity contribution is -0.0887. The normalized spacial score (nSPS) is 19.7. The molecule has 0 heterocycles. The van der Waals surface area contributed by atoms with Crippen LogP contribution in [0.1, 0.15) is 66.3 Å². The Morgan fingerprint density at radius 2 is 1.77 bits per heavy atom. The first-order valence-electron chi connectivity index (χ1n) is 10.9. The lowest BCUT2D eigenvalue weighted by atomic mass is 9.65. The highest BCUT2D eigenvalue weighted by atomic mass is 16.7. The molecule has 0 bridgehead atoms. The van der Waals surface area contributed by atoms with Gasteiger partial charge in [-0.05, 0) is 58.4 Å². The Bertz CT molecular complexity index is 1090. The summed E-state index contributed by atoms with van der Waals surface area (Å²) in [6.07, 6.45) is 0.908. The molecule has 3 aromatic carbocycles. The minimum atomic E-state index is -0.285. The first-order chi connectivity index (χ1) is 14.9. The molecule has 0 saturated heterocycles. The zero-order valence-corrected chi connectivity index (χ0v) is 18.7. The average Bonchev–Trinajstić information content (AvgIpc) is 2.78. The van der Waals surface area contributed by atoms with Gasteiger partial charge in [-0.2, -0.15) is 0 Å². The number of hydrogen-bond acceptors (Lipinski definition) is 4. The Morgan fingerprint density at radius 3 is 2.55 bits per heavy atom. The number of rotatable bonds is 6. The molecule has 1 aliphatic rings. The van der Waals surface area contributed by atoms with Crippen LogP contribution in [0, 0.1) is 0 Å². The summed E-state index contributed by atoms with van der Waals surface area (Å²) in [5.74, 6) is -0.0821. The van der Waals surface area contributed by atoms with Crippen LogP contribution in [0.3, 0.4) is 0 Å². The van der Waals surface area contributed by atoms with Crippen LogP contribution in [0.2, 0.25) is 0 Å². The molecule has 2 unspecified atom stereocenters. The van der Waals surface area contributed by atoms with Crippen molar-refractivity contribution in [3.8, 4) is 0 Å². The van der Waals surface area contributed by atoms with Crippen LogP contribution in [0.5, 0.6) is 0 Å². The predicted octanol–water partition coefficient (Wildman–Crippen LogP) is 6.14. The Balaban J connectivity index is 1.74. The van der Waals surface area contributed by atoms with E-state index in [2.05, 4.69) is 56.3 Å². The van der Waals surface area contributed by atoms with E-state index in [4.69, 9.17) is 14.2 Å². The highest BCUT2D eigenvalue weighted by Crippen LogP contribution is 2.50. The number of carbonyl (C=O) groups is 1. The van der Waals surface area contributed by atoms with Crippen molar-refractivity contribution >= 4 is 16.7 Å². The van der Waals surface area contributed by atoms with Crippen molar-refractivity contribution < 1.29 is 19.0 Å². The number of benzene rings is 3. The Labute approximate surface area is 184 Å². The molecule has 31 heavy (non-hydrogen) atoms. The van der Waals surface area contributed by atoms with Crippen LogP contribution in [0.25, 0.3) is 10.8 Å². The van der Waals surface area contributed by atoms with E-state index in [0.717, 1.165) is 17.2 Å². The van der Waals surface area contributed by atoms with E-state index in [1.54, 1.807) is 7.11 Å². The molecule has 4 nitrogen and oxygen atoms in total. The fourth-order valence-corrected chi connectivity index (χ4v) is 4.82. The second-order valence-electron chi connectivity index (χ2n) is 8.82. The molecule has 4 heteroatoms. The summed E-state index contributed by atoms with van der Waals surface area (Å²) < 4.78 is 16.6. The summed E-state index contributed by atoms with van der Waals surface area (Å²) >= 11 is 0. The Kier molecular flexibility index (Phi) is 6.12. The molecule has 0 radical (unpaired) electrons. The minimum absolute atomic E-state index is 0.0386. The fourth-order valence-electron chi connectivity index (χ4n) is 4.82. The van der Waals surface area contributed by atoms with E-state index >= 15 is 0 Å². The summed E-state index contributed by atoms with van der Waals surface area (Å²) in [4.78, 5) is 12.1. The number of esters is 1. The molecule has 4 rings (SSSR count). The third kappa shape index (κ3) is 4.23. The number of methoxy groups -OCH3 is 1. The molecule has 0 N–H and O–H groups in total. The van der Waals surface area contributed by atoms with Crippen molar-refractivity contribution in [1.29, 1.82) is 0 Å². The van der Waals surface area contributed by atoms with Gasteiger partial charge in [-0.15, -0.1) is 0 Å². The number of hydrogen-bond donors (Lipinski definition) is 0. The van der Waals surface area contributed by atoms with E-state index in [1.165, 1.54) is 16.7 Å². The summed E-state index contributed by atoms with van der Waals surface area (Å²) in [6.45, 7) is 7.05. The smallest absolute Gasteiger partial charge is 0.338 e. The maximum Gasteiger partial charge on any atom is 0.338 e. The van der Waals surface area contributed by atoms with Crippen LogP contribution in [0.4, 0.5) is 0 Å². The van der Waals surface area contributed by atoms with Crippen molar-refractivity contribution in [1.82, 2.24) is 0 Å². The lowest BCUT2D eigenvalue weighted by Crippen LogP contribution is -2.33. The van der Waals surface area contributed by atoms with Gasteiger partial charge in [0.05, 0.1) is 18.3 Å². The van der Waals surface area contributed by atoms with E-state index in [1.807, 2.05) is 25.1 Å². The summed E-state index contributed by atoms with van der Waals surface area (Å²) in [5.41, 5.74) is 4.43. The van der Waals surface area contributed by atoms with Crippen molar-refractivity contribution in [2.45, 2.75) is 44.6 Å². The van der Waals surface area contributed by atoms with Gasteiger partial charge in [0.1, 0.15) is 6.79 Å². The first-order valence-corrected chi connectivity index (χ1v) is 10.9. The van der Waals surface area contributed by atoms with Crippen LogP contribution in [-0.2, 0) is 19.6 Å². The predicted molar refractivity (Wildman–Crippen MR) is 122 cm³/mol. The van der Waals surface area contributed by atoms with Crippen LogP contribution in [0.15, 0.2) is 60.7 Å². The van der Waals surface area contributed by atoms with Gasteiger partial charge in [-0.25, -0.2) is 4.79 Å². The van der Waals surface area contributed by atoms with Gasteiger partial charge in [-0.1, -0.05) is 62.4 Å². The molecular formula is C27H30O4. The highest BCUT2D eigenvalue weighted by Gasteiger charge is 2.40. The second kappa shape index (κ2) is 8.81. The number of fused-ring (bicyclic) bond motifs is 2. The SMILES string of the molecule is CCOC(=O)c1ccc2cc(C3CC(C)(C)c4ccccc4C3OCOC)ccc2c1. The van der Waals surface area contributed by atoms with Crippen LogP contribution >= 0.6 is 0 Å². The quantitative estimate of drug-likeness (QED) is 0.356. The molecular weight excluding hydrogens is 388 g/mol. The van der Waals surface area contributed by atoms with Crippen molar-refractivity contribution in [2.75, 3.05) is 20.5 Å². The third-order valence-electron chi connectivity index (χ3n) is 6.26. The lowest BCUT2D eigenvalue weighted by Gasteiger charge is -2.42. The van der Waals surface area contributed by atoms with Crippen molar-refractivity contribution in [3.05, 3.63) is 82.9 Å². The van der Waals surface area contributed by atoms with Gasteiger partial charge in [-0.3, -0.25) is 0 Å². The minimum Gasteiger partial charge on any atom is -0.462 e. The van der Waals surface area contributed by atoms with E-state index in [0.29, 0.717) is 12.2 Å². The standard InChI is InChI=1S/C27H30O4/c1-5-30-26(28)21-13-11-18-14-20(12-10-19(18)15-21)23-16-27(2,3)24-9-7-6-8-22(24)25(23)31-17-29-4/h6-15,23,25H,5,16-17H2,1-4H3. The highest BCUT2D eigenvalue weighted by molar-refractivity contribution is 5.95. The molecule has 0 aliphatic heterocycles. The average molecular weight is 419 g/mol. The molecule has 1 aliphatic carbocycles. The maximum absolute atomic E-state index is 12.1. The van der Waals surface area contributed by atoms with E-state index in [9.17, 15) is 4.79 Å². The molecule has 0 spiro atoms. The van der Waals surface area contributed by atoms with Gasteiger partial charge in [0, 0.05) is 13.0 Å². The molecule has 0 amide bonds. The molecule has 3 aromatic rings.